The Morgan fingerprint density at radius 2 is 1.89 bits per heavy atom. The monoisotopic (exact) mass is 260 g/mol. The number of aryl methyl sites for hydroxylation is 2. The molecule has 1 aromatic carbocycles. The van der Waals surface area contributed by atoms with E-state index < -0.39 is 0 Å². The highest BCUT2D eigenvalue weighted by molar-refractivity contribution is 5.73. The maximum Gasteiger partial charge on any atom is 0.309 e. The van der Waals surface area contributed by atoms with Gasteiger partial charge in [0.2, 0.25) is 0 Å². The molecule has 0 amide bonds. The predicted molar refractivity (Wildman–Crippen MR) is 77.1 cm³/mol. The van der Waals surface area contributed by atoms with Gasteiger partial charge in [0.1, 0.15) is 0 Å². The van der Waals surface area contributed by atoms with Crippen LogP contribution in [-0.2, 0) is 28.8 Å². The Balaban J connectivity index is 2.15. The molecule has 104 valence electrons. The van der Waals surface area contributed by atoms with Crippen LogP contribution in [0.2, 0.25) is 0 Å². The third-order valence-electron chi connectivity index (χ3n) is 4.18. The Labute approximate surface area is 116 Å². The van der Waals surface area contributed by atoms with Crippen molar-refractivity contribution < 1.29 is 9.53 Å². The second kappa shape index (κ2) is 6.23. The van der Waals surface area contributed by atoms with Crippen LogP contribution in [0.15, 0.2) is 18.2 Å². The average Bonchev–Trinajstić information content (AvgIpc) is 2.43. The van der Waals surface area contributed by atoms with Gasteiger partial charge in [-0.15, -0.1) is 0 Å². The number of fused-ring (bicyclic) bond motifs is 1. The second-order valence-corrected chi connectivity index (χ2v) is 5.89. The number of ether oxygens (including phenoxy) is 1. The molecule has 0 spiro atoms. The highest BCUT2D eigenvalue weighted by atomic mass is 16.5. The molecule has 0 bridgehead atoms. The van der Waals surface area contributed by atoms with Crippen LogP contribution in [0.25, 0.3) is 0 Å². The first-order valence-corrected chi connectivity index (χ1v) is 7.30. The Bertz CT molecular complexity index is 449. The number of carbonyl (C=O) groups is 1. The molecule has 0 aliphatic heterocycles. The smallest absolute Gasteiger partial charge is 0.309 e. The Hall–Kier alpha value is -1.31. The molecule has 0 aromatic heterocycles. The zero-order valence-corrected chi connectivity index (χ0v) is 12.2. The van der Waals surface area contributed by atoms with Gasteiger partial charge in [-0.25, -0.2) is 0 Å². The first-order valence-electron chi connectivity index (χ1n) is 7.30. The van der Waals surface area contributed by atoms with E-state index in [4.69, 9.17) is 4.74 Å². The SMILES string of the molecule is COC(=O)C(Cc1ccc2c(c1)CCCC2)C(C)C. The minimum Gasteiger partial charge on any atom is -0.469 e. The molecule has 1 aliphatic rings. The number of esters is 1. The summed E-state index contributed by atoms with van der Waals surface area (Å²) in [5, 5.41) is 0. The number of carbonyl (C=O) groups excluding carboxylic acids is 1. The van der Waals surface area contributed by atoms with Crippen molar-refractivity contribution in [2.75, 3.05) is 7.11 Å². The van der Waals surface area contributed by atoms with E-state index in [0.29, 0.717) is 5.92 Å². The number of hydrogen-bond donors (Lipinski definition) is 0. The summed E-state index contributed by atoms with van der Waals surface area (Å²) >= 11 is 0. The van der Waals surface area contributed by atoms with Crippen molar-refractivity contribution in [1.29, 1.82) is 0 Å². The van der Waals surface area contributed by atoms with E-state index in [0.717, 1.165) is 6.42 Å². The minimum absolute atomic E-state index is 0.0355. The fourth-order valence-corrected chi connectivity index (χ4v) is 2.91. The molecule has 2 heteroatoms. The number of methoxy groups -OCH3 is 1. The zero-order chi connectivity index (χ0) is 13.8. The molecule has 1 aromatic rings. The fraction of sp³-hybridized carbons (Fsp3) is 0.588. The van der Waals surface area contributed by atoms with E-state index in [1.165, 1.54) is 49.5 Å². The molecule has 0 N–H and O–H groups in total. The van der Waals surface area contributed by atoms with Gasteiger partial charge in [0.05, 0.1) is 13.0 Å². The topological polar surface area (TPSA) is 26.3 Å². The number of rotatable bonds is 4. The molecule has 19 heavy (non-hydrogen) atoms. The second-order valence-electron chi connectivity index (χ2n) is 5.89. The molecule has 0 heterocycles. The fourth-order valence-electron chi connectivity index (χ4n) is 2.91. The van der Waals surface area contributed by atoms with Crippen molar-refractivity contribution in [3.63, 3.8) is 0 Å². The van der Waals surface area contributed by atoms with Crippen molar-refractivity contribution in [3.8, 4) is 0 Å². The van der Waals surface area contributed by atoms with E-state index in [9.17, 15) is 4.79 Å². The van der Waals surface area contributed by atoms with E-state index in [1.807, 2.05) is 0 Å². The summed E-state index contributed by atoms with van der Waals surface area (Å²) in [5.41, 5.74) is 4.25. The average molecular weight is 260 g/mol. The van der Waals surface area contributed by atoms with Gasteiger partial charge < -0.3 is 4.74 Å². The molecule has 1 aliphatic carbocycles. The molecular weight excluding hydrogens is 236 g/mol. The van der Waals surface area contributed by atoms with Crippen LogP contribution in [0.5, 0.6) is 0 Å². The van der Waals surface area contributed by atoms with Crippen LogP contribution < -0.4 is 0 Å². The standard InChI is InChI=1S/C17H24O2/c1-12(2)16(17(18)19-3)11-13-8-9-14-6-4-5-7-15(14)10-13/h8-10,12,16H,4-7,11H2,1-3H3. The van der Waals surface area contributed by atoms with Gasteiger partial charge in [-0.2, -0.15) is 0 Å². The molecule has 1 atom stereocenters. The van der Waals surface area contributed by atoms with Crippen molar-refractivity contribution in [3.05, 3.63) is 34.9 Å². The third-order valence-corrected chi connectivity index (χ3v) is 4.18. The van der Waals surface area contributed by atoms with Gasteiger partial charge in [-0.3, -0.25) is 4.79 Å². The Morgan fingerprint density at radius 1 is 1.21 bits per heavy atom. The predicted octanol–water partition coefficient (Wildman–Crippen LogP) is 3.55. The van der Waals surface area contributed by atoms with E-state index in [1.54, 1.807) is 0 Å². The highest BCUT2D eigenvalue weighted by Crippen LogP contribution is 2.25. The lowest BCUT2D eigenvalue weighted by atomic mass is 9.85. The van der Waals surface area contributed by atoms with E-state index >= 15 is 0 Å². The first kappa shape index (κ1) is 14.1. The molecule has 0 saturated heterocycles. The van der Waals surface area contributed by atoms with Crippen molar-refractivity contribution >= 4 is 5.97 Å². The summed E-state index contributed by atoms with van der Waals surface area (Å²) in [6, 6.07) is 6.73. The van der Waals surface area contributed by atoms with Crippen LogP contribution in [0.1, 0.15) is 43.4 Å². The number of hydrogen-bond acceptors (Lipinski definition) is 2. The highest BCUT2D eigenvalue weighted by Gasteiger charge is 2.23. The third kappa shape index (κ3) is 3.37. The summed E-state index contributed by atoms with van der Waals surface area (Å²) in [4.78, 5) is 11.8. The van der Waals surface area contributed by atoms with Crippen LogP contribution in [-0.4, -0.2) is 13.1 Å². The van der Waals surface area contributed by atoms with E-state index in [-0.39, 0.29) is 11.9 Å². The molecule has 0 saturated carbocycles. The first-order chi connectivity index (χ1) is 9.11. The molecule has 0 fully saturated rings. The van der Waals surface area contributed by atoms with Gasteiger partial charge in [0.15, 0.2) is 0 Å². The summed E-state index contributed by atoms with van der Waals surface area (Å²) < 4.78 is 4.92. The Morgan fingerprint density at radius 3 is 2.53 bits per heavy atom. The molecular formula is C17H24O2. The molecule has 2 rings (SSSR count). The lowest BCUT2D eigenvalue weighted by Gasteiger charge is -2.20. The summed E-state index contributed by atoms with van der Waals surface area (Å²) in [7, 11) is 1.48. The van der Waals surface area contributed by atoms with E-state index in [2.05, 4.69) is 32.0 Å². The normalized spacial score (nSPS) is 16.0. The lowest BCUT2D eigenvalue weighted by molar-refractivity contribution is -0.146. The van der Waals surface area contributed by atoms with Gasteiger partial charge in [0, 0.05) is 0 Å². The summed E-state index contributed by atoms with van der Waals surface area (Å²) in [5.74, 6) is 0.183. The van der Waals surface area contributed by atoms with Crippen LogP contribution in [0, 0.1) is 11.8 Å². The molecule has 2 nitrogen and oxygen atoms in total. The minimum atomic E-state index is -0.0901. The zero-order valence-electron chi connectivity index (χ0n) is 12.2. The van der Waals surface area contributed by atoms with Crippen LogP contribution in [0.3, 0.4) is 0 Å². The van der Waals surface area contributed by atoms with Gasteiger partial charge >= 0.3 is 5.97 Å². The molecule has 0 radical (unpaired) electrons. The van der Waals surface area contributed by atoms with Crippen molar-refractivity contribution in [1.82, 2.24) is 0 Å². The van der Waals surface area contributed by atoms with Gasteiger partial charge in [-0.1, -0.05) is 32.0 Å². The lowest BCUT2D eigenvalue weighted by Crippen LogP contribution is -2.24. The number of benzene rings is 1. The van der Waals surface area contributed by atoms with Crippen molar-refractivity contribution in [2.24, 2.45) is 11.8 Å². The maximum absolute atomic E-state index is 11.8. The van der Waals surface area contributed by atoms with Crippen LogP contribution in [0.4, 0.5) is 0 Å². The summed E-state index contributed by atoms with van der Waals surface area (Å²) in [6.45, 7) is 4.17. The van der Waals surface area contributed by atoms with Crippen molar-refractivity contribution in [2.45, 2.75) is 46.0 Å². The quantitative estimate of drug-likeness (QED) is 0.774. The van der Waals surface area contributed by atoms with Crippen LogP contribution >= 0.6 is 0 Å². The van der Waals surface area contributed by atoms with Gasteiger partial charge in [-0.05, 0) is 54.7 Å². The Kier molecular flexibility index (Phi) is 4.62. The van der Waals surface area contributed by atoms with Gasteiger partial charge in [0.25, 0.3) is 0 Å². The maximum atomic E-state index is 11.8. The summed E-state index contributed by atoms with van der Waals surface area (Å²) in [6.07, 6.45) is 5.79. The largest absolute Gasteiger partial charge is 0.469 e. The molecule has 1 unspecified atom stereocenters.